The summed E-state index contributed by atoms with van der Waals surface area (Å²) in [6.07, 6.45) is 78.7. The molecular weight excluding hydrogens is 899 g/mol. The van der Waals surface area contributed by atoms with Crippen LogP contribution in [-0.2, 0) is 14.3 Å². The Balaban J connectivity index is 3.42. The van der Waals surface area contributed by atoms with Crippen molar-refractivity contribution < 1.29 is 24.5 Å². The summed E-state index contributed by atoms with van der Waals surface area (Å²) in [6, 6.07) is -0.548. The first-order chi connectivity index (χ1) is 36.0. The highest BCUT2D eigenvalue weighted by Gasteiger charge is 2.20. The number of amides is 1. The quantitative estimate of drug-likeness (QED) is 0.0320. The maximum absolute atomic E-state index is 12.5. The molecule has 0 aliphatic carbocycles. The van der Waals surface area contributed by atoms with Gasteiger partial charge in [-0.05, 0) is 83.5 Å². The monoisotopic (exact) mass is 1030 g/mol. The molecule has 0 aromatic carbocycles. The number of unbranched alkanes of at least 4 members (excludes halogenated alkanes) is 44. The zero-order chi connectivity index (χ0) is 52.9. The van der Waals surface area contributed by atoms with Gasteiger partial charge in [-0.2, -0.15) is 0 Å². The zero-order valence-electron chi connectivity index (χ0n) is 49.1. The highest BCUT2D eigenvalue weighted by Crippen LogP contribution is 2.18. The van der Waals surface area contributed by atoms with Crippen LogP contribution in [0.2, 0.25) is 0 Å². The van der Waals surface area contributed by atoms with Crippen molar-refractivity contribution in [2.24, 2.45) is 0 Å². The molecule has 6 heteroatoms. The normalized spacial score (nSPS) is 12.8. The summed E-state index contributed by atoms with van der Waals surface area (Å²) in [5.41, 5.74) is 0. The molecule has 0 spiro atoms. The standard InChI is InChI=1S/C67H127NO5/c1-3-5-7-9-11-13-15-17-19-20-25-28-32-35-39-43-47-51-55-59-65(70)64(63-69)68-66(71)60-56-52-48-44-40-36-33-29-26-23-21-22-24-27-30-34-38-42-46-50-54-58-62-73-67(72)61-57-53-49-45-41-37-31-18-16-14-12-10-8-6-4-2/h12,14,18,23,26,31,64-65,69-70H,3-11,13,15-17,19-22,24-25,27-30,32-63H2,1-2H3,(H,68,71)/b14-12-,26-23-,31-18-. The number of ether oxygens (including phenoxy) is 1. The molecule has 0 radical (unpaired) electrons. The van der Waals surface area contributed by atoms with E-state index in [4.69, 9.17) is 4.74 Å². The summed E-state index contributed by atoms with van der Waals surface area (Å²) in [6.45, 7) is 4.94. The van der Waals surface area contributed by atoms with Crippen molar-refractivity contribution in [3.63, 3.8) is 0 Å². The van der Waals surface area contributed by atoms with Crippen LogP contribution in [0.1, 0.15) is 354 Å². The Morgan fingerprint density at radius 1 is 0.384 bits per heavy atom. The topological polar surface area (TPSA) is 95.9 Å². The number of esters is 1. The minimum absolute atomic E-state index is 0.00371. The fourth-order valence-corrected chi connectivity index (χ4v) is 10.1. The fourth-order valence-electron chi connectivity index (χ4n) is 10.1. The van der Waals surface area contributed by atoms with Crippen LogP contribution in [0.5, 0.6) is 0 Å². The van der Waals surface area contributed by atoms with Crippen molar-refractivity contribution in [2.45, 2.75) is 366 Å². The predicted octanol–water partition coefficient (Wildman–Crippen LogP) is 20.8. The van der Waals surface area contributed by atoms with Gasteiger partial charge < -0.3 is 20.3 Å². The molecule has 0 aliphatic rings. The summed E-state index contributed by atoms with van der Waals surface area (Å²) in [7, 11) is 0. The average molecular weight is 1030 g/mol. The van der Waals surface area contributed by atoms with Crippen molar-refractivity contribution in [3.8, 4) is 0 Å². The van der Waals surface area contributed by atoms with Crippen molar-refractivity contribution in [1.29, 1.82) is 0 Å². The first kappa shape index (κ1) is 71.1. The second kappa shape index (κ2) is 62.6. The Kier molecular flexibility index (Phi) is 61.0. The Morgan fingerprint density at radius 2 is 0.685 bits per heavy atom. The van der Waals surface area contributed by atoms with E-state index in [1.807, 2.05) is 0 Å². The number of hydrogen-bond donors (Lipinski definition) is 3. The third-order valence-corrected chi connectivity index (χ3v) is 15.2. The Bertz CT molecular complexity index is 1180. The fraction of sp³-hybridized carbons (Fsp3) is 0.881. The largest absolute Gasteiger partial charge is 0.466 e. The molecule has 6 nitrogen and oxygen atoms in total. The molecule has 0 saturated carbocycles. The van der Waals surface area contributed by atoms with E-state index in [9.17, 15) is 19.8 Å². The van der Waals surface area contributed by atoms with E-state index in [0.29, 0.717) is 25.9 Å². The van der Waals surface area contributed by atoms with Crippen molar-refractivity contribution in [2.75, 3.05) is 13.2 Å². The molecule has 0 fully saturated rings. The lowest BCUT2D eigenvalue weighted by Gasteiger charge is -2.22. The summed E-state index contributed by atoms with van der Waals surface area (Å²) in [5, 5.41) is 23.4. The van der Waals surface area contributed by atoms with Gasteiger partial charge in [-0.15, -0.1) is 0 Å². The highest BCUT2D eigenvalue weighted by atomic mass is 16.5. The number of hydrogen-bond acceptors (Lipinski definition) is 5. The number of allylic oxidation sites excluding steroid dienone is 6. The van der Waals surface area contributed by atoms with Crippen molar-refractivity contribution in [3.05, 3.63) is 36.5 Å². The van der Waals surface area contributed by atoms with Gasteiger partial charge in [-0.3, -0.25) is 9.59 Å². The zero-order valence-corrected chi connectivity index (χ0v) is 49.1. The predicted molar refractivity (Wildman–Crippen MR) is 319 cm³/mol. The van der Waals surface area contributed by atoms with Crippen molar-refractivity contribution >= 4 is 11.9 Å². The van der Waals surface area contributed by atoms with E-state index in [1.165, 1.54) is 270 Å². The second-order valence-corrected chi connectivity index (χ2v) is 22.4. The van der Waals surface area contributed by atoms with Gasteiger partial charge >= 0.3 is 5.97 Å². The van der Waals surface area contributed by atoms with Crippen LogP contribution in [0.25, 0.3) is 0 Å². The van der Waals surface area contributed by atoms with E-state index in [0.717, 1.165) is 51.4 Å². The third kappa shape index (κ3) is 59.2. The van der Waals surface area contributed by atoms with E-state index in [1.54, 1.807) is 0 Å². The Hall–Kier alpha value is -1.92. The van der Waals surface area contributed by atoms with Gasteiger partial charge in [-0.25, -0.2) is 0 Å². The van der Waals surface area contributed by atoms with E-state index < -0.39 is 12.1 Å². The van der Waals surface area contributed by atoms with Crippen LogP contribution in [0.4, 0.5) is 0 Å². The van der Waals surface area contributed by atoms with Crippen LogP contribution in [-0.4, -0.2) is 47.4 Å². The molecule has 3 N–H and O–H groups in total. The maximum Gasteiger partial charge on any atom is 0.305 e. The molecule has 73 heavy (non-hydrogen) atoms. The lowest BCUT2D eigenvalue weighted by molar-refractivity contribution is -0.143. The molecule has 2 atom stereocenters. The molecular formula is C67H127NO5. The average Bonchev–Trinajstić information content (AvgIpc) is 3.39. The molecule has 0 rings (SSSR count). The summed E-state index contributed by atoms with van der Waals surface area (Å²) in [4.78, 5) is 24.6. The molecule has 0 aromatic heterocycles. The van der Waals surface area contributed by atoms with Crippen LogP contribution >= 0.6 is 0 Å². The molecule has 0 heterocycles. The Labute approximate surface area is 455 Å². The highest BCUT2D eigenvalue weighted by molar-refractivity contribution is 5.76. The van der Waals surface area contributed by atoms with Crippen LogP contribution in [0.15, 0.2) is 36.5 Å². The van der Waals surface area contributed by atoms with E-state index >= 15 is 0 Å². The molecule has 0 bridgehead atoms. The molecule has 1 amide bonds. The maximum atomic E-state index is 12.5. The Morgan fingerprint density at radius 3 is 1.08 bits per heavy atom. The van der Waals surface area contributed by atoms with Crippen LogP contribution in [0.3, 0.4) is 0 Å². The molecule has 0 saturated heterocycles. The molecule has 0 aliphatic heterocycles. The summed E-state index contributed by atoms with van der Waals surface area (Å²) < 4.78 is 5.48. The van der Waals surface area contributed by atoms with Gasteiger partial charge in [0.2, 0.25) is 5.91 Å². The minimum atomic E-state index is -0.670. The lowest BCUT2D eigenvalue weighted by Crippen LogP contribution is -2.45. The number of carbonyl (C=O) groups is 2. The van der Waals surface area contributed by atoms with Crippen LogP contribution < -0.4 is 5.32 Å². The molecule has 0 aromatic rings. The van der Waals surface area contributed by atoms with Gasteiger partial charge in [0, 0.05) is 12.8 Å². The number of nitrogens with one attached hydrogen (secondary N) is 1. The van der Waals surface area contributed by atoms with Gasteiger partial charge in [-0.1, -0.05) is 294 Å². The minimum Gasteiger partial charge on any atom is -0.466 e. The first-order valence-corrected chi connectivity index (χ1v) is 32.7. The van der Waals surface area contributed by atoms with Gasteiger partial charge in [0.15, 0.2) is 0 Å². The third-order valence-electron chi connectivity index (χ3n) is 15.2. The molecule has 430 valence electrons. The second-order valence-electron chi connectivity index (χ2n) is 22.4. The van der Waals surface area contributed by atoms with Crippen molar-refractivity contribution in [1.82, 2.24) is 5.32 Å². The first-order valence-electron chi connectivity index (χ1n) is 32.7. The number of aliphatic hydroxyl groups excluding tert-OH is 2. The van der Waals surface area contributed by atoms with E-state index in [-0.39, 0.29) is 18.5 Å². The number of carbonyl (C=O) groups excluding carboxylic acids is 2. The SMILES string of the molecule is CCCCC/C=C\C/C=C\CCCCCCCC(=O)OCCCCCCCCCCCCC/C=C\CCCCCCCCCC(=O)NC(CO)C(O)CCCCCCCCCCCCCCCCCCCCC. The van der Waals surface area contributed by atoms with Gasteiger partial charge in [0.05, 0.1) is 25.4 Å². The van der Waals surface area contributed by atoms with Gasteiger partial charge in [0.1, 0.15) is 0 Å². The molecule has 2 unspecified atom stereocenters. The smallest absolute Gasteiger partial charge is 0.305 e. The van der Waals surface area contributed by atoms with Gasteiger partial charge in [0.25, 0.3) is 0 Å². The summed E-state index contributed by atoms with van der Waals surface area (Å²) in [5.74, 6) is -0.0431. The number of rotatable bonds is 61. The number of aliphatic hydroxyl groups is 2. The van der Waals surface area contributed by atoms with Crippen LogP contribution in [0, 0.1) is 0 Å². The summed E-state index contributed by atoms with van der Waals surface area (Å²) >= 11 is 0. The lowest BCUT2D eigenvalue weighted by atomic mass is 10.0. The van der Waals surface area contributed by atoms with E-state index in [2.05, 4.69) is 55.6 Å².